The summed E-state index contributed by atoms with van der Waals surface area (Å²) in [6, 6.07) is 0. The lowest BCUT2D eigenvalue weighted by Crippen LogP contribution is -2.37. The fourth-order valence-corrected chi connectivity index (χ4v) is 12.1. The minimum atomic E-state index is -4.64. The van der Waals surface area contributed by atoms with Gasteiger partial charge in [0.1, 0.15) is 19.8 Å². The second-order valence-corrected chi connectivity index (χ2v) is 28.1. The van der Waals surface area contributed by atoms with E-state index in [4.69, 9.17) is 18.5 Å². The lowest BCUT2D eigenvalue weighted by atomic mass is 10.0. The number of allylic oxidation sites excluding steroid dienone is 2. The molecule has 0 saturated heterocycles. The third-order valence-electron chi connectivity index (χ3n) is 17.0. The minimum Gasteiger partial charge on any atom is -0.756 e. The van der Waals surface area contributed by atoms with Crippen molar-refractivity contribution in [2.75, 3.05) is 47.5 Å². The summed E-state index contributed by atoms with van der Waals surface area (Å²) < 4.78 is 34.3. The van der Waals surface area contributed by atoms with E-state index in [9.17, 15) is 19.0 Å². The van der Waals surface area contributed by atoms with E-state index in [1.807, 2.05) is 21.1 Å². The quantitative estimate of drug-likeness (QED) is 0.0195. The number of unbranched alkanes of at least 4 members (excludes halogenated alkanes) is 54. The molecular formula is C73H144NO8P. The molecule has 0 aromatic carbocycles. The van der Waals surface area contributed by atoms with Crippen LogP contribution in [0.2, 0.25) is 0 Å². The first-order chi connectivity index (χ1) is 40.5. The summed E-state index contributed by atoms with van der Waals surface area (Å²) >= 11 is 0. The zero-order valence-electron chi connectivity index (χ0n) is 56.4. The van der Waals surface area contributed by atoms with E-state index >= 15 is 0 Å². The molecule has 0 aliphatic heterocycles. The standard InChI is InChI=1S/C73H144NO8P/c1-6-8-10-12-14-16-18-20-22-24-26-28-29-30-31-32-33-34-35-36-37-38-39-40-41-42-43-44-46-47-49-51-53-55-57-59-61-63-65-72(75)79-69-71(70-81-83(77,78)80-68-67-74(3,4)5)82-73(76)66-64-62-60-58-56-54-52-50-48-45-27-25-23-21-19-17-15-13-11-9-7-2/h25,27,71H,6-24,26,28-70H2,1-5H3/b27-25-. The Bertz CT molecular complexity index is 1400. The maximum atomic E-state index is 12.8. The highest BCUT2D eigenvalue weighted by Crippen LogP contribution is 2.38. The molecule has 0 rings (SSSR count). The van der Waals surface area contributed by atoms with Crippen LogP contribution in [0.3, 0.4) is 0 Å². The average molecular weight is 1190 g/mol. The van der Waals surface area contributed by atoms with Crippen LogP contribution in [-0.2, 0) is 32.7 Å². The third-order valence-corrected chi connectivity index (χ3v) is 18.0. The van der Waals surface area contributed by atoms with E-state index in [0.29, 0.717) is 17.4 Å². The number of ether oxygens (including phenoxy) is 2. The van der Waals surface area contributed by atoms with Gasteiger partial charge in [-0.3, -0.25) is 14.2 Å². The number of hydrogen-bond donors (Lipinski definition) is 0. The third kappa shape index (κ3) is 69.7. The molecule has 0 spiro atoms. The fourth-order valence-electron chi connectivity index (χ4n) is 11.4. The van der Waals surface area contributed by atoms with Gasteiger partial charge < -0.3 is 27.9 Å². The van der Waals surface area contributed by atoms with Gasteiger partial charge in [-0.2, -0.15) is 0 Å². The van der Waals surface area contributed by atoms with Crippen LogP contribution in [0, 0.1) is 0 Å². The van der Waals surface area contributed by atoms with Crippen molar-refractivity contribution in [3.05, 3.63) is 12.2 Å². The zero-order valence-corrected chi connectivity index (χ0v) is 57.3. The molecule has 0 saturated carbocycles. The number of nitrogens with zero attached hydrogens (tertiary/aromatic N) is 1. The number of carbonyl (C=O) groups is 2. The molecule has 0 heterocycles. The van der Waals surface area contributed by atoms with Crippen molar-refractivity contribution in [2.24, 2.45) is 0 Å². The molecule has 9 nitrogen and oxygen atoms in total. The van der Waals surface area contributed by atoms with Gasteiger partial charge in [0.15, 0.2) is 6.10 Å². The van der Waals surface area contributed by atoms with Gasteiger partial charge in [-0.15, -0.1) is 0 Å². The Kier molecular flexibility index (Phi) is 64.2. The Morgan fingerprint density at radius 1 is 0.361 bits per heavy atom. The first kappa shape index (κ1) is 81.8. The topological polar surface area (TPSA) is 111 Å². The van der Waals surface area contributed by atoms with Crippen molar-refractivity contribution in [2.45, 2.75) is 399 Å². The highest BCUT2D eigenvalue weighted by Gasteiger charge is 2.22. The lowest BCUT2D eigenvalue weighted by molar-refractivity contribution is -0.870. The number of esters is 2. The molecule has 0 aromatic rings. The summed E-state index contributed by atoms with van der Waals surface area (Å²) in [5.41, 5.74) is 0. The van der Waals surface area contributed by atoms with E-state index in [1.165, 1.54) is 321 Å². The molecule has 2 unspecified atom stereocenters. The highest BCUT2D eigenvalue weighted by atomic mass is 31.2. The van der Waals surface area contributed by atoms with Gasteiger partial charge in [0.25, 0.3) is 7.82 Å². The summed E-state index contributed by atoms with van der Waals surface area (Å²) in [6.45, 7) is 4.32. The molecule has 0 N–H and O–H groups in total. The number of rotatable bonds is 70. The van der Waals surface area contributed by atoms with Crippen molar-refractivity contribution in [1.82, 2.24) is 0 Å². The number of hydrogen-bond acceptors (Lipinski definition) is 8. The summed E-state index contributed by atoms with van der Waals surface area (Å²) in [6.07, 6.45) is 80.4. The largest absolute Gasteiger partial charge is 0.756 e. The monoisotopic (exact) mass is 1190 g/mol. The number of phosphoric ester groups is 1. The Morgan fingerprint density at radius 2 is 0.614 bits per heavy atom. The second-order valence-electron chi connectivity index (χ2n) is 26.7. The Labute approximate surface area is 517 Å². The van der Waals surface area contributed by atoms with E-state index in [1.54, 1.807) is 0 Å². The van der Waals surface area contributed by atoms with Crippen LogP contribution >= 0.6 is 7.82 Å². The van der Waals surface area contributed by atoms with E-state index in [2.05, 4.69) is 26.0 Å². The maximum absolute atomic E-state index is 12.8. The summed E-state index contributed by atoms with van der Waals surface area (Å²) in [5.74, 6) is -0.812. The molecular weight excluding hydrogens is 1050 g/mol. The summed E-state index contributed by atoms with van der Waals surface area (Å²) in [4.78, 5) is 38.0. The van der Waals surface area contributed by atoms with Crippen LogP contribution in [0.5, 0.6) is 0 Å². The van der Waals surface area contributed by atoms with Gasteiger partial charge in [-0.05, 0) is 38.5 Å². The zero-order chi connectivity index (χ0) is 60.5. The Hall–Kier alpha value is -1.25. The number of phosphoric acid groups is 1. The fraction of sp³-hybridized carbons (Fsp3) is 0.945. The van der Waals surface area contributed by atoms with E-state index in [-0.39, 0.29) is 32.0 Å². The number of carbonyl (C=O) groups excluding carboxylic acids is 2. The molecule has 0 fully saturated rings. The predicted molar refractivity (Wildman–Crippen MR) is 356 cm³/mol. The molecule has 494 valence electrons. The summed E-state index contributed by atoms with van der Waals surface area (Å²) in [5, 5.41) is 0. The smallest absolute Gasteiger partial charge is 0.306 e. The van der Waals surface area contributed by atoms with Gasteiger partial charge in [0, 0.05) is 12.8 Å². The highest BCUT2D eigenvalue weighted by molar-refractivity contribution is 7.45. The molecule has 0 aliphatic carbocycles. The molecule has 0 amide bonds. The molecule has 0 aromatic heterocycles. The lowest BCUT2D eigenvalue weighted by Gasteiger charge is -2.28. The summed E-state index contributed by atoms with van der Waals surface area (Å²) in [7, 11) is 1.19. The van der Waals surface area contributed by atoms with Crippen LogP contribution in [0.1, 0.15) is 393 Å². The van der Waals surface area contributed by atoms with Crippen LogP contribution in [0.25, 0.3) is 0 Å². The first-order valence-electron chi connectivity index (χ1n) is 36.9. The molecule has 0 radical (unpaired) electrons. The van der Waals surface area contributed by atoms with Crippen molar-refractivity contribution < 1.29 is 42.1 Å². The van der Waals surface area contributed by atoms with E-state index < -0.39 is 26.5 Å². The van der Waals surface area contributed by atoms with Gasteiger partial charge in [0.05, 0.1) is 27.7 Å². The molecule has 83 heavy (non-hydrogen) atoms. The normalized spacial score (nSPS) is 13.1. The first-order valence-corrected chi connectivity index (χ1v) is 38.4. The van der Waals surface area contributed by atoms with Crippen LogP contribution in [-0.4, -0.2) is 70.0 Å². The van der Waals surface area contributed by atoms with Crippen molar-refractivity contribution >= 4 is 19.8 Å². The van der Waals surface area contributed by atoms with Crippen molar-refractivity contribution in [1.29, 1.82) is 0 Å². The van der Waals surface area contributed by atoms with Crippen LogP contribution < -0.4 is 4.89 Å². The van der Waals surface area contributed by atoms with Crippen molar-refractivity contribution in [3.63, 3.8) is 0 Å². The maximum Gasteiger partial charge on any atom is 0.306 e. The second kappa shape index (κ2) is 65.2. The van der Waals surface area contributed by atoms with Gasteiger partial charge in [-0.1, -0.05) is 353 Å². The number of likely N-dealkylation sites (N-methyl/N-ethyl adjacent to an activating group) is 1. The minimum absolute atomic E-state index is 0.0272. The Balaban J connectivity index is 3.88. The van der Waals surface area contributed by atoms with Crippen molar-refractivity contribution in [3.8, 4) is 0 Å². The molecule has 0 bridgehead atoms. The predicted octanol–water partition coefficient (Wildman–Crippen LogP) is 23.3. The van der Waals surface area contributed by atoms with Gasteiger partial charge >= 0.3 is 11.9 Å². The van der Waals surface area contributed by atoms with Crippen LogP contribution in [0.4, 0.5) is 0 Å². The van der Waals surface area contributed by atoms with Gasteiger partial charge in [0.2, 0.25) is 0 Å². The average Bonchev–Trinajstić information content (AvgIpc) is 3.49. The Morgan fingerprint density at radius 3 is 0.892 bits per heavy atom. The number of quaternary nitrogens is 1. The molecule has 10 heteroatoms. The molecule has 0 aliphatic rings. The van der Waals surface area contributed by atoms with Gasteiger partial charge in [-0.25, -0.2) is 0 Å². The SMILES string of the molecule is CCCCCCCCCC/C=C\CCCCCCCCCCCC(=O)OC(COC(=O)CCCCCCCCCCCCCCCCCCCCCCCCCCCCCCCCCCCCCCCC)COP(=O)([O-])OCC[N+](C)(C)C. The molecule has 2 atom stereocenters. The van der Waals surface area contributed by atoms with E-state index in [0.717, 1.165) is 38.5 Å². The van der Waals surface area contributed by atoms with Crippen LogP contribution in [0.15, 0.2) is 12.2 Å².